The fourth-order valence-electron chi connectivity index (χ4n) is 1.36. The number of nitrogens with zero attached hydrogens (tertiary/aromatic N) is 1. The maximum absolute atomic E-state index is 11.7. The van der Waals surface area contributed by atoms with Crippen molar-refractivity contribution in [2.45, 2.75) is 6.42 Å². The van der Waals surface area contributed by atoms with E-state index >= 15 is 0 Å². The molecule has 0 heterocycles. The molecule has 0 atom stereocenters. The molecule has 17 heavy (non-hydrogen) atoms. The summed E-state index contributed by atoms with van der Waals surface area (Å²) in [5.74, 6) is 0.956. The van der Waals surface area contributed by atoms with Crippen LogP contribution >= 0.6 is 0 Å². The maximum Gasteiger partial charge on any atom is 0.234 e. The monoisotopic (exact) mass is 235 g/mol. The Kier molecular flexibility index (Phi) is 4.91. The van der Waals surface area contributed by atoms with Crippen LogP contribution in [0.5, 0.6) is 11.5 Å². The molecule has 0 radical (unpaired) electrons. The molecule has 5 nitrogen and oxygen atoms in total. The normalized spacial score (nSPS) is 9.29. The van der Waals surface area contributed by atoms with Gasteiger partial charge in [-0.2, -0.15) is 0 Å². The Morgan fingerprint density at radius 2 is 2.00 bits per heavy atom. The number of hydrogen-bond donors (Lipinski definition) is 0. The van der Waals surface area contributed by atoms with E-state index in [0.29, 0.717) is 17.1 Å². The van der Waals surface area contributed by atoms with Gasteiger partial charge in [-0.3, -0.25) is 4.79 Å². The Labute approximate surface area is 99.1 Å². The minimum absolute atomic E-state index is 0.107. The molecular formula is C12H13NO4. The van der Waals surface area contributed by atoms with Gasteiger partial charge < -0.3 is 9.47 Å². The van der Waals surface area contributed by atoms with Crippen molar-refractivity contribution in [1.29, 1.82) is 0 Å². The van der Waals surface area contributed by atoms with Gasteiger partial charge in [0.25, 0.3) is 0 Å². The van der Waals surface area contributed by atoms with E-state index in [1.807, 2.05) is 0 Å². The number of isocyanates is 1. The molecule has 0 saturated heterocycles. The van der Waals surface area contributed by atoms with Crippen LogP contribution in [0.3, 0.4) is 0 Å². The second kappa shape index (κ2) is 6.45. The Morgan fingerprint density at radius 1 is 1.29 bits per heavy atom. The molecular weight excluding hydrogens is 222 g/mol. The van der Waals surface area contributed by atoms with Gasteiger partial charge in [0.2, 0.25) is 6.08 Å². The Hall–Kier alpha value is -2.13. The molecule has 0 aromatic heterocycles. The quantitative estimate of drug-likeness (QED) is 0.427. The average Bonchev–Trinajstić information content (AvgIpc) is 2.38. The lowest BCUT2D eigenvalue weighted by atomic mass is 10.1. The van der Waals surface area contributed by atoms with Crippen molar-refractivity contribution in [3.63, 3.8) is 0 Å². The molecule has 0 aliphatic carbocycles. The standard InChI is InChI=1S/C12H13NO4/c1-16-11-4-3-9(7-12(11)17-2)10(15)5-6-13-8-14/h3-4,7H,5-6H2,1-2H3. The molecule has 0 bridgehead atoms. The van der Waals surface area contributed by atoms with Gasteiger partial charge >= 0.3 is 0 Å². The van der Waals surface area contributed by atoms with Crippen LogP contribution < -0.4 is 9.47 Å². The van der Waals surface area contributed by atoms with Crippen molar-refractivity contribution in [3.05, 3.63) is 23.8 Å². The van der Waals surface area contributed by atoms with Crippen LogP contribution in [0.1, 0.15) is 16.8 Å². The third-order valence-corrected chi connectivity index (χ3v) is 2.22. The summed E-state index contributed by atoms with van der Waals surface area (Å²) >= 11 is 0. The van der Waals surface area contributed by atoms with E-state index in [1.54, 1.807) is 18.2 Å². The fraction of sp³-hybridized carbons (Fsp3) is 0.333. The second-order valence-electron chi connectivity index (χ2n) is 3.22. The third kappa shape index (κ3) is 3.43. The fourth-order valence-corrected chi connectivity index (χ4v) is 1.36. The Bertz CT molecular complexity index is 450. The van der Waals surface area contributed by atoms with E-state index in [1.165, 1.54) is 20.3 Å². The number of ketones is 1. The lowest BCUT2D eigenvalue weighted by molar-refractivity contribution is 0.0985. The molecule has 5 heteroatoms. The van der Waals surface area contributed by atoms with Crippen LogP contribution in [-0.2, 0) is 4.79 Å². The molecule has 0 unspecified atom stereocenters. The maximum atomic E-state index is 11.7. The number of benzene rings is 1. The molecule has 90 valence electrons. The van der Waals surface area contributed by atoms with Crippen LogP contribution in [0, 0.1) is 0 Å². The first-order valence-corrected chi connectivity index (χ1v) is 5.01. The first-order chi connectivity index (χ1) is 8.22. The number of rotatable bonds is 6. The molecule has 0 amide bonds. The first-order valence-electron chi connectivity index (χ1n) is 5.01. The van der Waals surface area contributed by atoms with Crippen molar-refractivity contribution in [1.82, 2.24) is 0 Å². The number of carbonyl (C=O) groups is 1. The van der Waals surface area contributed by atoms with Gasteiger partial charge in [0, 0.05) is 12.0 Å². The molecule has 1 aromatic rings. The number of Topliss-reactive ketones (excluding diaryl/α,β-unsaturated/α-hetero) is 1. The summed E-state index contributed by atoms with van der Waals surface area (Å²) in [5.41, 5.74) is 0.503. The van der Waals surface area contributed by atoms with Crippen molar-refractivity contribution in [2.24, 2.45) is 4.99 Å². The van der Waals surface area contributed by atoms with E-state index in [9.17, 15) is 9.59 Å². The number of hydrogen-bond acceptors (Lipinski definition) is 5. The number of carbonyl (C=O) groups excluding carboxylic acids is 2. The van der Waals surface area contributed by atoms with Gasteiger partial charge in [-0.25, -0.2) is 9.79 Å². The van der Waals surface area contributed by atoms with Crippen molar-refractivity contribution >= 4 is 11.9 Å². The summed E-state index contributed by atoms with van der Waals surface area (Å²) in [4.78, 5) is 24.9. The van der Waals surface area contributed by atoms with Crippen molar-refractivity contribution in [3.8, 4) is 11.5 Å². The number of ether oxygens (including phenoxy) is 2. The molecule has 1 rings (SSSR count). The topological polar surface area (TPSA) is 65.0 Å². The van der Waals surface area contributed by atoms with Gasteiger partial charge in [0.15, 0.2) is 17.3 Å². The minimum Gasteiger partial charge on any atom is -0.493 e. The van der Waals surface area contributed by atoms with Crippen LogP contribution in [0.2, 0.25) is 0 Å². The predicted molar refractivity (Wildman–Crippen MR) is 61.5 cm³/mol. The van der Waals surface area contributed by atoms with Gasteiger partial charge in [-0.15, -0.1) is 0 Å². The highest BCUT2D eigenvalue weighted by atomic mass is 16.5. The first kappa shape index (κ1) is 12.9. The van der Waals surface area contributed by atoms with Crippen LogP contribution in [-0.4, -0.2) is 32.6 Å². The largest absolute Gasteiger partial charge is 0.493 e. The highest BCUT2D eigenvalue weighted by Crippen LogP contribution is 2.27. The van der Waals surface area contributed by atoms with Crippen LogP contribution in [0.25, 0.3) is 0 Å². The van der Waals surface area contributed by atoms with Gasteiger partial charge in [0.05, 0.1) is 20.8 Å². The van der Waals surface area contributed by atoms with Gasteiger partial charge in [0.1, 0.15) is 0 Å². The zero-order valence-electron chi connectivity index (χ0n) is 9.73. The highest BCUT2D eigenvalue weighted by Gasteiger charge is 2.10. The third-order valence-electron chi connectivity index (χ3n) is 2.22. The molecule has 0 N–H and O–H groups in total. The van der Waals surface area contributed by atoms with E-state index < -0.39 is 0 Å². The number of methoxy groups -OCH3 is 2. The van der Waals surface area contributed by atoms with Gasteiger partial charge in [-0.05, 0) is 18.2 Å². The summed E-state index contributed by atoms with van der Waals surface area (Å²) < 4.78 is 10.2. The molecule has 0 aliphatic heterocycles. The van der Waals surface area contributed by atoms with Crippen molar-refractivity contribution in [2.75, 3.05) is 20.8 Å². The zero-order chi connectivity index (χ0) is 12.7. The summed E-state index contributed by atoms with van der Waals surface area (Å²) in [6, 6.07) is 4.91. The van der Waals surface area contributed by atoms with E-state index in [-0.39, 0.29) is 18.7 Å². The predicted octanol–water partition coefficient (Wildman–Crippen LogP) is 1.61. The summed E-state index contributed by atoms with van der Waals surface area (Å²) in [6.07, 6.45) is 1.56. The Morgan fingerprint density at radius 3 is 2.59 bits per heavy atom. The molecule has 0 fully saturated rings. The molecule has 0 spiro atoms. The lowest BCUT2D eigenvalue weighted by Gasteiger charge is -2.08. The van der Waals surface area contributed by atoms with E-state index in [4.69, 9.17) is 9.47 Å². The average molecular weight is 235 g/mol. The van der Waals surface area contributed by atoms with E-state index in [0.717, 1.165) is 0 Å². The Balaban J connectivity index is 2.84. The van der Waals surface area contributed by atoms with Gasteiger partial charge in [-0.1, -0.05) is 0 Å². The smallest absolute Gasteiger partial charge is 0.234 e. The lowest BCUT2D eigenvalue weighted by Crippen LogP contribution is -2.02. The summed E-state index contributed by atoms with van der Waals surface area (Å²) in [6.45, 7) is 0.149. The van der Waals surface area contributed by atoms with Crippen molar-refractivity contribution < 1.29 is 19.1 Å². The highest BCUT2D eigenvalue weighted by molar-refractivity contribution is 5.96. The molecule has 0 saturated carbocycles. The van der Waals surface area contributed by atoms with E-state index in [2.05, 4.69) is 4.99 Å². The minimum atomic E-state index is -0.107. The van der Waals surface area contributed by atoms with Crippen LogP contribution in [0.4, 0.5) is 0 Å². The molecule has 1 aromatic carbocycles. The molecule has 0 aliphatic rings. The summed E-state index contributed by atoms with van der Waals surface area (Å²) in [7, 11) is 3.03. The van der Waals surface area contributed by atoms with Crippen LogP contribution in [0.15, 0.2) is 23.2 Å². The number of aliphatic imine (C=N–C) groups is 1. The SMILES string of the molecule is COc1ccc(C(=O)CCN=C=O)cc1OC. The summed E-state index contributed by atoms with van der Waals surface area (Å²) in [5, 5.41) is 0. The second-order valence-corrected chi connectivity index (χ2v) is 3.22. The zero-order valence-corrected chi connectivity index (χ0v) is 9.73.